The minimum absolute atomic E-state index is 0.148. The van der Waals surface area contributed by atoms with Crippen molar-refractivity contribution >= 4 is 11.4 Å². The summed E-state index contributed by atoms with van der Waals surface area (Å²) in [6, 6.07) is 2.99. The van der Waals surface area contributed by atoms with Gasteiger partial charge in [-0.15, -0.1) is 0 Å². The molecule has 0 aliphatic heterocycles. The summed E-state index contributed by atoms with van der Waals surface area (Å²) < 4.78 is 38.8. The Morgan fingerprint density at radius 1 is 1.38 bits per heavy atom. The predicted octanol–water partition coefficient (Wildman–Crippen LogP) is 3.37. The van der Waals surface area contributed by atoms with E-state index < -0.39 is 22.4 Å². The molecule has 118 valence electrons. The minimum Gasteiger partial charge on any atom is -0.383 e. The third-order valence-corrected chi connectivity index (χ3v) is 3.18. The molecule has 1 aromatic carbocycles. The Balaban J connectivity index is 2.89. The SMILES string of the molecule is CC(C)N(C)CCNc1ccc([N+](=O)[O-])cc1C(F)(F)F. The van der Waals surface area contributed by atoms with Crippen molar-refractivity contribution in [2.24, 2.45) is 0 Å². The molecule has 0 aliphatic carbocycles. The van der Waals surface area contributed by atoms with E-state index in [1.807, 2.05) is 25.8 Å². The van der Waals surface area contributed by atoms with E-state index in [9.17, 15) is 23.3 Å². The fourth-order valence-corrected chi connectivity index (χ4v) is 1.66. The van der Waals surface area contributed by atoms with E-state index in [-0.39, 0.29) is 11.7 Å². The zero-order valence-corrected chi connectivity index (χ0v) is 12.1. The summed E-state index contributed by atoms with van der Waals surface area (Å²) in [7, 11) is 1.87. The highest BCUT2D eigenvalue weighted by molar-refractivity contribution is 5.57. The number of nitro groups is 1. The number of nitro benzene ring substituents is 1. The molecule has 0 bridgehead atoms. The van der Waals surface area contributed by atoms with Crippen molar-refractivity contribution in [1.29, 1.82) is 0 Å². The van der Waals surface area contributed by atoms with E-state index >= 15 is 0 Å². The highest BCUT2D eigenvalue weighted by Gasteiger charge is 2.35. The maximum absolute atomic E-state index is 12.9. The van der Waals surface area contributed by atoms with Crippen LogP contribution in [0.1, 0.15) is 19.4 Å². The number of anilines is 1. The van der Waals surface area contributed by atoms with Gasteiger partial charge in [0.1, 0.15) is 0 Å². The summed E-state index contributed by atoms with van der Waals surface area (Å²) in [5.74, 6) is 0. The first-order valence-electron chi connectivity index (χ1n) is 6.42. The quantitative estimate of drug-likeness (QED) is 0.646. The molecular weight excluding hydrogens is 287 g/mol. The largest absolute Gasteiger partial charge is 0.418 e. The molecule has 0 aliphatic rings. The third kappa shape index (κ3) is 4.89. The van der Waals surface area contributed by atoms with Crippen LogP contribution in [0, 0.1) is 10.1 Å². The Hall–Kier alpha value is -1.83. The first-order valence-corrected chi connectivity index (χ1v) is 6.42. The molecule has 0 spiro atoms. The van der Waals surface area contributed by atoms with Crippen molar-refractivity contribution in [2.45, 2.75) is 26.1 Å². The maximum Gasteiger partial charge on any atom is 0.418 e. The van der Waals surface area contributed by atoms with Gasteiger partial charge in [0.05, 0.1) is 10.5 Å². The van der Waals surface area contributed by atoms with Gasteiger partial charge in [0.15, 0.2) is 0 Å². The number of alkyl halides is 3. The lowest BCUT2D eigenvalue weighted by atomic mass is 10.1. The van der Waals surface area contributed by atoms with Crippen LogP contribution in [0.2, 0.25) is 0 Å². The average molecular weight is 305 g/mol. The van der Waals surface area contributed by atoms with E-state index in [1.165, 1.54) is 0 Å². The van der Waals surface area contributed by atoms with Gasteiger partial charge in [-0.1, -0.05) is 0 Å². The van der Waals surface area contributed by atoms with Crippen molar-refractivity contribution in [3.8, 4) is 0 Å². The summed E-state index contributed by atoms with van der Waals surface area (Å²) in [4.78, 5) is 11.7. The fourth-order valence-electron chi connectivity index (χ4n) is 1.66. The summed E-state index contributed by atoms with van der Waals surface area (Å²) in [6.07, 6.45) is -4.64. The minimum atomic E-state index is -4.64. The monoisotopic (exact) mass is 305 g/mol. The molecule has 0 heterocycles. The van der Waals surface area contributed by atoms with Gasteiger partial charge in [-0.3, -0.25) is 10.1 Å². The number of hydrogen-bond acceptors (Lipinski definition) is 4. The van der Waals surface area contributed by atoms with Crippen molar-refractivity contribution in [3.05, 3.63) is 33.9 Å². The van der Waals surface area contributed by atoms with Crippen molar-refractivity contribution < 1.29 is 18.1 Å². The first-order chi connectivity index (χ1) is 9.62. The highest BCUT2D eigenvalue weighted by Crippen LogP contribution is 2.36. The molecule has 0 aromatic heterocycles. The summed E-state index contributed by atoms with van der Waals surface area (Å²) in [6.45, 7) is 4.83. The number of non-ortho nitro benzene ring substituents is 1. The van der Waals surface area contributed by atoms with Gasteiger partial charge in [0.25, 0.3) is 5.69 Å². The number of hydrogen-bond donors (Lipinski definition) is 1. The highest BCUT2D eigenvalue weighted by atomic mass is 19.4. The lowest BCUT2D eigenvalue weighted by molar-refractivity contribution is -0.385. The second kappa shape index (κ2) is 6.75. The van der Waals surface area contributed by atoms with Crippen molar-refractivity contribution in [3.63, 3.8) is 0 Å². The molecule has 0 saturated carbocycles. The van der Waals surface area contributed by atoms with Gasteiger partial charge >= 0.3 is 6.18 Å². The molecule has 0 radical (unpaired) electrons. The van der Waals surface area contributed by atoms with Gasteiger partial charge in [0.2, 0.25) is 0 Å². The number of likely N-dealkylation sites (N-methyl/N-ethyl adjacent to an activating group) is 1. The number of rotatable bonds is 6. The summed E-state index contributed by atoms with van der Waals surface area (Å²) in [5.41, 5.74) is -1.75. The van der Waals surface area contributed by atoms with E-state index in [1.54, 1.807) is 0 Å². The van der Waals surface area contributed by atoms with Gasteiger partial charge in [-0.05, 0) is 27.0 Å². The Labute approximate surface area is 120 Å². The molecule has 0 saturated heterocycles. The molecular formula is C13H18F3N3O2. The number of benzene rings is 1. The summed E-state index contributed by atoms with van der Waals surface area (Å²) >= 11 is 0. The second-order valence-corrected chi connectivity index (χ2v) is 4.99. The van der Waals surface area contributed by atoms with Crippen LogP contribution in [0.5, 0.6) is 0 Å². The van der Waals surface area contributed by atoms with Gasteiger partial charge in [-0.2, -0.15) is 13.2 Å². The van der Waals surface area contributed by atoms with Gasteiger partial charge in [-0.25, -0.2) is 0 Å². The molecule has 1 aromatic rings. The molecule has 1 rings (SSSR count). The van der Waals surface area contributed by atoms with Crippen molar-refractivity contribution in [1.82, 2.24) is 4.90 Å². The first kappa shape index (κ1) is 17.2. The van der Waals surface area contributed by atoms with E-state index in [4.69, 9.17) is 0 Å². The van der Waals surface area contributed by atoms with Crippen LogP contribution in [-0.2, 0) is 6.18 Å². The van der Waals surface area contributed by atoms with Gasteiger partial charge in [0, 0.05) is 37.0 Å². The van der Waals surface area contributed by atoms with Crippen LogP contribution in [-0.4, -0.2) is 36.0 Å². The lowest BCUT2D eigenvalue weighted by Crippen LogP contribution is -2.31. The zero-order valence-electron chi connectivity index (χ0n) is 12.1. The molecule has 0 unspecified atom stereocenters. The fraction of sp³-hybridized carbons (Fsp3) is 0.538. The number of halogens is 3. The normalized spacial score (nSPS) is 12.0. The molecule has 21 heavy (non-hydrogen) atoms. The Bertz CT molecular complexity index is 504. The molecule has 0 amide bonds. The zero-order chi connectivity index (χ0) is 16.2. The Morgan fingerprint density at radius 3 is 2.48 bits per heavy atom. The van der Waals surface area contributed by atoms with E-state index in [0.717, 1.165) is 12.1 Å². The lowest BCUT2D eigenvalue weighted by Gasteiger charge is -2.22. The second-order valence-electron chi connectivity index (χ2n) is 4.99. The predicted molar refractivity (Wildman–Crippen MR) is 74.4 cm³/mol. The van der Waals surface area contributed by atoms with Crippen LogP contribution >= 0.6 is 0 Å². The van der Waals surface area contributed by atoms with E-state index in [2.05, 4.69) is 5.32 Å². The number of nitrogens with zero attached hydrogens (tertiary/aromatic N) is 2. The van der Waals surface area contributed by atoms with Crippen molar-refractivity contribution in [2.75, 3.05) is 25.5 Å². The van der Waals surface area contributed by atoms with Crippen LogP contribution < -0.4 is 5.32 Å². The Morgan fingerprint density at radius 2 is 2.00 bits per heavy atom. The molecule has 1 N–H and O–H groups in total. The standard InChI is InChI=1S/C13H18F3N3O2/c1-9(2)18(3)7-6-17-12-5-4-10(19(20)21)8-11(12)13(14,15)16/h4-5,8-9,17H,6-7H2,1-3H3. The number of nitrogens with one attached hydrogen (secondary N) is 1. The topological polar surface area (TPSA) is 58.4 Å². The molecule has 0 fully saturated rings. The molecule has 8 heteroatoms. The van der Waals surface area contributed by atoms with Gasteiger partial charge < -0.3 is 10.2 Å². The average Bonchev–Trinajstić information content (AvgIpc) is 2.37. The third-order valence-electron chi connectivity index (χ3n) is 3.18. The summed E-state index contributed by atoms with van der Waals surface area (Å²) in [5, 5.41) is 13.3. The van der Waals surface area contributed by atoms with E-state index in [0.29, 0.717) is 19.2 Å². The van der Waals surface area contributed by atoms with Crippen LogP contribution in [0.3, 0.4) is 0 Å². The van der Waals surface area contributed by atoms with Crippen LogP contribution in [0.4, 0.5) is 24.5 Å². The molecule has 5 nitrogen and oxygen atoms in total. The van der Waals surface area contributed by atoms with Crippen LogP contribution in [0.15, 0.2) is 18.2 Å². The smallest absolute Gasteiger partial charge is 0.383 e. The maximum atomic E-state index is 12.9. The Kier molecular flexibility index (Phi) is 5.54. The molecule has 0 atom stereocenters. The van der Waals surface area contributed by atoms with Crippen LogP contribution in [0.25, 0.3) is 0 Å².